The molecule has 0 saturated heterocycles. The molecule has 1 unspecified atom stereocenters. The van der Waals surface area contributed by atoms with Gasteiger partial charge in [-0.15, -0.1) is 11.6 Å². The fourth-order valence-corrected chi connectivity index (χ4v) is 2.59. The fraction of sp³-hybridized carbons (Fsp3) is 0.200. The third-order valence-electron chi connectivity index (χ3n) is 3.22. The second kappa shape index (κ2) is 5.62. The van der Waals surface area contributed by atoms with E-state index in [-0.39, 0.29) is 10.4 Å². The number of rotatable bonds is 3. The molecule has 0 radical (unpaired) electrons. The number of nitrogens with zero attached hydrogens (tertiary/aromatic N) is 3. The van der Waals surface area contributed by atoms with Gasteiger partial charge < -0.3 is 4.57 Å². The average molecular weight is 324 g/mol. The molecule has 6 heteroatoms. The van der Waals surface area contributed by atoms with E-state index in [1.165, 1.54) is 12.1 Å². The van der Waals surface area contributed by atoms with Crippen molar-refractivity contribution in [3.63, 3.8) is 0 Å². The highest BCUT2D eigenvalue weighted by atomic mass is 35.5. The first kappa shape index (κ1) is 14.3. The number of hydrogen-bond acceptors (Lipinski definition) is 2. The topological polar surface area (TPSA) is 30.7 Å². The van der Waals surface area contributed by atoms with Crippen LogP contribution in [0.3, 0.4) is 0 Å². The lowest BCUT2D eigenvalue weighted by Gasteiger charge is -2.10. The fourth-order valence-electron chi connectivity index (χ4n) is 2.26. The molecule has 0 aliphatic heterocycles. The van der Waals surface area contributed by atoms with Crippen LogP contribution in [0.4, 0.5) is 4.39 Å². The van der Waals surface area contributed by atoms with Gasteiger partial charge in [-0.05, 0) is 25.1 Å². The Bertz CT molecular complexity index is 784. The summed E-state index contributed by atoms with van der Waals surface area (Å²) in [7, 11) is 0. The predicted molar refractivity (Wildman–Crippen MR) is 82.3 cm³/mol. The second-order valence-electron chi connectivity index (χ2n) is 4.75. The van der Waals surface area contributed by atoms with Gasteiger partial charge in [-0.3, -0.25) is 4.98 Å². The zero-order valence-electron chi connectivity index (χ0n) is 11.2. The lowest BCUT2D eigenvalue weighted by molar-refractivity contribution is 0.628. The van der Waals surface area contributed by atoms with E-state index in [1.807, 2.05) is 29.7 Å². The maximum Gasteiger partial charge on any atom is 0.144 e. The van der Waals surface area contributed by atoms with E-state index in [0.717, 1.165) is 5.69 Å². The van der Waals surface area contributed by atoms with E-state index in [4.69, 9.17) is 23.2 Å². The molecule has 1 atom stereocenters. The molecule has 3 aromatic rings. The standard InChI is InChI=1S/C15H12Cl2FN3/c1-9(16)15-20-13-6-11(17)12(18)7-14(13)21(15)8-10-4-2-3-5-19-10/h2-7,9H,8H2,1H3. The number of benzene rings is 1. The van der Waals surface area contributed by atoms with Gasteiger partial charge in [0.2, 0.25) is 0 Å². The molecule has 0 bridgehead atoms. The van der Waals surface area contributed by atoms with Gasteiger partial charge in [0.05, 0.1) is 33.7 Å². The van der Waals surface area contributed by atoms with Gasteiger partial charge in [0.25, 0.3) is 0 Å². The number of halogens is 3. The molecule has 0 saturated carbocycles. The summed E-state index contributed by atoms with van der Waals surface area (Å²) < 4.78 is 15.6. The van der Waals surface area contributed by atoms with E-state index in [2.05, 4.69) is 9.97 Å². The number of imidazole rings is 1. The van der Waals surface area contributed by atoms with Crippen LogP contribution in [0.25, 0.3) is 11.0 Å². The van der Waals surface area contributed by atoms with Crippen LogP contribution < -0.4 is 0 Å². The van der Waals surface area contributed by atoms with E-state index >= 15 is 0 Å². The molecule has 0 fully saturated rings. The zero-order valence-corrected chi connectivity index (χ0v) is 12.7. The molecule has 0 aliphatic rings. The van der Waals surface area contributed by atoms with Gasteiger partial charge in [-0.25, -0.2) is 9.37 Å². The molecule has 0 amide bonds. The highest BCUT2D eigenvalue weighted by molar-refractivity contribution is 6.31. The van der Waals surface area contributed by atoms with Crippen LogP contribution >= 0.6 is 23.2 Å². The Morgan fingerprint density at radius 1 is 1.33 bits per heavy atom. The van der Waals surface area contributed by atoms with Crippen molar-refractivity contribution in [2.75, 3.05) is 0 Å². The lowest BCUT2D eigenvalue weighted by atomic mass is 10.3. The van der Waals surface area contributed by atoms with E-state index in [9.17, 15) is 4.39 Å². The van der Waals surface area contributed by atoms with Crippen molar-refractivity contribution < 1.29 is 4.39 Å². The summed E-state index contributed by atoms with van der Waals surface area (Å²) in [5, 5.41) is -0.248. The quantitative estimate of drug-likeness (QED) is 0.661. The Hall–Kier alpha value is -1.65. The maximum absolute atomic E-state index is 13.8. The monoisotopic (exact) mass is 323 g/mol. The first-order chi connectivity index (χ1) is 10.1. The molecule has 0 aliphatic carbocycles. The van der Waals surface area contributed by atoms with Crippen molar-refractivity contribution in [3.05, 3.63) is 58.9 Å². The zero-order chi connectivity index (χ0) is 15.0. The number of pyridine rings is 1. The van der Waals surface area contributed by atoms with Gasteiger partial charge in [-0.1, -0.05) is 17.7 Å². The summed E-state index contributed by atoms with van der Waals surface area (Å²) in [6.07, 6.45) is 1.72. The SMILES string of the molecule is CC(Cl)c1nc2cc(Cl)c(F)cc2n1Cc1ccccn1. The third-order valence-corrected chi connectivity index (χ3v) is 3.71. The van der Waals surface area contributed by atoms with Gasteiger partial charge in [0.1, 0.15) is 11.6 Å². The number of fused-ring (bicyclic) bond motifs is 1. The van der Waals surface area contributed by atoms with Gasteiger partial charge in [0.15, 0.2) is 0 Å². The minimum absolute atomic E-state index is 0.0544. The average Bonchev–Trinajstić information content (AvgIpc) is 2.79. The van der Waals surface area contributed by atoms with E-state index in [1.54, 1.807) is 6.20 Å². The Morgan fingerprint density at radius 2 is 2.14 bits per heavy atom. The Labute approximate surface area is 131 Å². The predicted octanol–water partition coefficient (Wildman–Crippen LogP) is 4.57. The molecule has 0 spiro atoms. The van der Waals surface area contributed by atoms with Crippen LogP contribution in [-0.2, 0) is 6.54 Å². The summed E-state index contributed by atoms with van der Waals surface area (Å²) in [5.41, 5.74) is 2.13. The largest absolute Gasteiger partial charge is 0.321 e. The molecule has 3 nitrogen and oxygen atoms in total. The molecule has 108 valence electrons. The van der Waals surface area contributed by atoms with Crippen LogP contribution in [0.5, 0.6) is 0 Å². The number of alkyl halides is 1. The first-order valence-electron chi connectivity index (χ1n) is 6.45. The summed E-state index contributed by atoms with van der Waals surface area (Å²) >= 11 is 12.0. The highest BCUT2D eigenvalue weighted by Gasteiger charge is 2.17. The number of hydrogen-bond donors (Lipinski definition) is 0. The minimum Gasteiger partial charge on any atom is -0.321 e. The summed E-state index contributed by atoms with van der Waals surface area (Å²) in [6, 6.07) is 8.56. The van der Waals surface area contributed by atoms with Crippen molar-refractivity contribution in [3.8, 4) is 0 Å². The summed E-state index contributed by atoms with van der Waals surface area (Å²) in [6.45, 7) is 2.31. The maximum atomic E-state index is 13.8. The van der Waals surface area contributed by atoms with Crippen LogP contribution in [0.15, 0.2) is 36.5 Å². The lowest BCUT2D eigenvalue weighted by Crippen LogP contribution is -2.07. The van der Waals surface area contributed by atoms with Crippen molar-refractivity contribution in [2.24, 2.45) is 0 Å². The molecule has 2 aromatic heterocycles. The Balaban J connectivity index is 2.18. The van der Waals surface area contributed by atoms with Crippen LogP contribution in [0.2, 0.25) is 5.02 Å². The molecule has 1 aromatic carbocycles. The van der Waals surface area contributed by atoms with Gasteiger partial charge in [-0.2, -0.15) is 0 Å². The molecule has 21 heavy (non-hydrogen) atoms. The molecular formula is C15H12Cl2FN3. The highest BCUT2D eigenvalue weighted by Crippen LogP contribution is 2.28. The Kier molecular flexibility index (Phi) is 3.83. The Morgan fingerprint density at radius 3 is 2.81 bits per heavy atom. The van der Waals surface area contributed by atoms with Gasteiger partial charge in [0, 0.05) is 12.3 Å². The van der Waals surface area contributed by atoms with Crippen molar-refractivity contribution in [2.45, 2.75) is 18.8 Å². The first-order valence-corrected chi connectivity index (χ1v) is 7.27. The van der Waals surface area contributed by atoms with E-state index in [0.29, 0.717) is 23.4 Å². The van der Waals surface area contributed by atoms with Gasteiger partial charge >= 0.3 is 0 Å². The smallest absolute Gasteiger partial charge is 0.144 e. The third kappa shape index (κ3) is 2.74. The van der Waals surface area contributed by atoms with Crippen LogP contribution in [0.1, 0.15) is 23.8 Å². The minimum atomic E-state index is -0.472. The summed E-state index contributed by atoms with van der Waals surface area (Å²) in [4.78, 5) is 8.75. The normalized spacial score (nSPS) is 12.8. The second-order valence-corrected chi connectivity index (χ2v) is 5.81. The molecule has 3 rings (SSSR count). The van der Waals surface area contributed by atoms with E-state index < -0.39 is 5.82 Å². The van der Waals surface area contributed by atoms with Crippen molar-refractivity contribution in [1.82, 2.24) is 14.5 Å². The molecule has 0 N–H and O–H groups in total. The molecule has 2 heterocycles. The van der Waals surface area contributed by atoms with Crippen molar-refractivity contribution >= 4 is 34.2 Å². The van der Waals surface area contributed by atoms with Crippen LogP contribution in [0, 0.1) is 5.82 Å². The molecular weight excluding hydrogens is 312 g/mol. The number of aromatic nitrogens is 3. The summed E-state index contributed by atoms with van der Waals surface area (Å²) in [5.74, 6) is 0.194. The van der Waals surface area contributed by atoms with Crippen molar-refractivity contribution in [1.29, 1.82) is 0 Å². The van der Waals surface area contributed by atoms with Crippen LogP contribution in [-0.4, -0.2) is 14.5 Å².